The molecule has 1 N–H and O–H groups in total. The van der Waals surface area contributed by atoms with Gasteiger partial charge in [0.25, 0.3) is 5.91 Å². The molecule has 0 aromatic heterocycles. The molecule has 0 spiro atoms. The van der Waals surface area contributed by atoms with Crippen LogP contribution in [-0.2, 0) is 9.53 Å². The van der Waals surface area contributed by atoms with Gasteiger partial charge in [-0.25, -0.2) is 0 Å². The summed E-state index contributed by atoms with van der Waals surface area (Å²) in [4.78, 5) is 23.7. The van der Waals surface area contributed by atoms with Gasteiger partial charge in [0, 0.05) is 11.6 Å². The molecule has 1 amide bonds. The zero-order valence-electron chi connectivity index (χ0n) is 12.9. The van der Waals surface area contributed by atoms with Crippen LogP contribution in [0, 0.1) is 20.8 Å². The number of carbonyl (C=O) groups is 2. The van der Waals surface area contributed by atoms with E-state index in [0.717, 1.165) is 16.7 Å². The van der Waals surface area contributed by atoms with E-state index in [4.69, 9.17) is 4.74 Å². The van der Waals surface area contributed by atoms with Crippen molar-refractivity contribution in [2.45, 2.75) is 47.1 Å². The normalized spacial score (nSPS) is 11.8. The molecule has 1 atom stereocenters. The van der Waals surface area contributed by atoms with Crippen LogP contribution >= 0.6 is 0 Å². The summed E-state index contributed by atoms with van der Waals surface area (Å²) < 4.78 is 4.87. The van der Waals surface area contributed by atoms with Gasteiger partial charge in [-0.2, -0.15) is 0 Å². The van der Waals surface area contributed by atoms with Crippen LogP contribution in [0.5, 0.6) is 0 Å². The van der Waals surface area contributed by atoms with Crippen molar-refractivity contribution in [2.24, 2.45) is 0 Å². The molecule has 0 unspecified atom stereocenters. The zero-order valence-corrected chi connectivity index (χ0v) is 12.9. The second kappa shape index (κ2) is 7.08. The lowest BCUT2D eigenvalue weighted by molar-refractivity contribution is -0.143. The Hall–Kier alpha value is -1.84. The topological polar surface area (TPSA) is 55.4 Å². The standard InChI is InChI=1S/C16H23NO3/c1-6-20-14(18)9-13(5)17-16(19)15-11(3)7-10(2)8-12(15)4/h7-8,13H,6,9H2,1-5H3,(H,17,19)/t13-/m0/s1. The first-order valence-corrected chi connectivity index (χ1v) is 6.89. The Labute approximate surface area is 120 Å². The number of aryl methyl sites for hydroxylation is 3. The molecule has 0 aliphatic carbocycles. The molecule has 0 heterocycles. The molecule has 20 heavy (non-hydrogen) atoms. The number of amides is 1. The molecule has 4 heteroatoms. The van der Waals surface area contributed by atoms with Crippen molar-refractivity contribution in [3.8, 4) is 0 Å². The van der Waals surface area contributed by atoms with Gasteiger partial charge in [0.2, 0.25) is 0 Å². The van der Waals surface area contributed by atoms with E-state index in [0.29, 0.717) is 12.2 Å². The number of hydrogen-bond donors (Lipinski definition) is 1. The average Bonchev–Trinajstić information content (AvgIpc) is 2.26. The van der Waals surface area contributed by atoms with Crippen molar-refractivity contribution in [1.29, 1.82) is 0 Å². The molecule has 0 saturated heterocycles. The van der Waals surface area contributed by atoms with E-state index in [2.05, 4.69) is 5.32 Å². The van der Waals surface area contributed by atoms with E-state index in [-0.39, 0.29) is 24.3 Å². The first kappa shape index (κ1) is 16.2. The largest absolute Gasteiger partial charge is 0.466 e. The minimum atomic E-state index is -0.294. The van der Waals surface area contributed by atoms with E-state index < -0.39 is 0 Å². The molecule has 0 saturated carbocycles. The highest BCUT2D eigenvalue weighted by Gasteiger charge is 2.17. The van der Waals surface area contributed by atoms with Crippen molar-refractivity contribution in [1.82, 2.24) is 5.32 Å². The molecule has 0 aliphatic heterocycles. The van der Waals surface area contributed by atoms with Crippen LogP contribution in [-0.4, -0.2) is 24.5 Å². The molecule has 0 bridgehead atoms. The van der Waals surface area contributed by atoms with E-state index >= 15 is 0 Å². The van der Waals surface area contributed by atoms with Gasteiger partial charge < -0.3 is 10.1 Å². The number of rotatable bonds is 5. The molecule has 0 fully saturated rings. The van der Waals surface area contributed by atoms with Crippen molar-refractivity contribution in [2.75, 3.05) is 6.61 Å². The van der Waals surface area contributed by atoms with Gasteiger partial charge in [0.1, 0.15) is 0 Å². The lowest BCUT2D eigenvalue weighted by Gasteiger charge is -2.16. The summed E-state index contributed by atoms with van der Waals surface area (Å²) in [6.07, 6.45) is 0.184. The van der Waals surface area contributed by atoms with Gasteiger partial charge >= 0.3 is 5.97 Å². The predicted molar refractivity (Wildman–Crippen MR) is 78.8 cm³/mol. The molecule has 0 aliphatic rings. The van der Waals surface area contributed by atoms with Crippen LogP contribution in [0.15, 0.2) is 12.1 Å². The Balaban J connectivity index is 2.74. The van der Waals surface area contributed by atoms with E-state index in [1.807, 2.05) is 32.9 Å². The zero-order chi connectivity index (χ0) is 15.3. The van der Waals surface area contributed by atoms with Crippen LogP contribution in [0.4, 0.5) is 0 Å². The SMILES string of the molecule is CCOC(=O)C[C@H](C)NC(=O)c1c(C)cc(C)cc1C. The van der Waals surface area contributed by atoms with Gasteiger partial charge in [-0.05, 0) is 45.7 Å². The molecule has 4 nitrogen and oxygen atoms in total. The van der Waals surface area contributed by atoms with E-state index in [9.17, 15) is 9.59 Å². The highest BCUT2D eigenvalue weighted by Crippen LogP contribution is 2.16. The monoisotopic (exact) mass is 277 g/mol. The highest BCUT2D eigenvalue weighted by atomic mass is 16.5. The second-order valence-electron chi connectivity index (χ2n) is 5.16. The maximum absolute atomic E-state index is 12.3. The van der Waals surface area contributed by atoms with Crippen LogP contribution in [0.1, 0.15) is 47.3 Å². The summed E-state index contributed by atoms with van der Waals surface area (Å²) in [6, 6.07) is 3.72. The summed E-state index contributed by atoms with van der Waals surface area (Å²) in [7, 11) is 0. The van der Waals surface area contributed by atoms with Gasteiger partial charge in [0.15, 0.2) is 0 Å². The summed E-state index contributed by atoms with van der Waals surface area (Å²) >= 11 is 0. The molecular formula is C16H23NO3. The fourth-order valence-electron chi connectivity index (χ4n) is 2.36. The van der Waals surface area contributed by atoms with Crippen LogP contribution in [0.2, 0.25) is 0 Å². The molecule has 1 rings (SSSR count). The van der Waals surface area contributed by atoms with Crippen LogP contribution < -0.4 is 5.32 Å². The molecule has 0 radical (unpaired) electrons. The Kier molecular flexibility index (Phi) is 5.74. The maximum atomic E-state index is 12.3. The summed E-state index contributed by atoms with van der Waals surface area (Å²) in [5.74, 6) is -0.436. The summed E-state index contributed by atoms with van der Waals surface area (Å²) in [6.45, 7) is 9.77. The molecule has 110 valence electrons. The Morgan fingerprint density at radius 3 is 2.25 bits per heavy atom. The Morgan fingerprint density at radius 1 is 1.20 bits per heavy atom. The third-order valence-corrected chi connectivity index (χ3v) is 3.06. The quantitative estimate of drug-likeness (QED) is 0.842. The van der Waals surface area contributed by atoms with Crippen molar-refractivity contribution in [3.05, 3.63) is 34.4 Å². The number of ether oxygens (including phenoxy) is 1. The van der Waals surface area contributed by atoms with Crippen molar-refractivity contribution < 1.29 is 14.3 Å². The number of nitrogens with one attached hydrogen (secondary N) is 1. The Bertz CT molecular complexity index is 485. The summed E-state index contributed by atoms with van der Waals surface area (Å²) in [5.41, 5.74) is 3.72. The van der Waals surface area contributed by atoms with Crippen LogP contribution in [0.25, 0.3) is 0 Å². The Morgan fingerprint density at radius 2 is 1.75 bits per heavy atom. The lowest BCUT2D eigenvalue weighted by atomic mass is 9.99. The van der Waals surface area contributed by atoms with Gasteiger partial charge in [-0.3, -0.25) is 9.59 Å². The number of benzene rings is 1. The smallest absolute Gasteiger partial charge is 0.307 e. The average molecular weight is 277 g/mol. The first-order valence-electron chi connectivity index (χ1n) is 6.89. The maximum Gasteiger partial charge on any atom is 0.307 e. The van der Waals surface area contributed by atoms with E-state index in [1.54, 1.807) is 13.8 Å². The van der Waals surface area contributed by atoms with Crippen LogP contribution in [0.3, 0.4) is 0 Å². The van der Waals surface area contributed by atoms with Crippen molar-refractivity contribution >= 4 is 11.9 Å². The third-order valence-electron chi connectivity index (χ3n) is 3.06. The second-order valence-corrected chi connectivity index (χ2v) is 5.16. The minimum Gasteiger partial charge on any atom is -0.466 e. The van der Waals surface area contributed by atoms with E-state index in [1.165, 1.54) is 0 Å². The lowest BCUT2D eigenvalue weighted by Crippen LogP contribution is -2.35. The number of hydrogen-bond acceptors (Lipinski definition) is 3. The molecule has 1 aromatic carbocycles. The molecule has 1 aromatic rings. The van der Waals surface area contributed by atoms with Crippen molar-refractivity contribution in [3.63, 3.8) is 0 Å². The number of carbonyl (C=O) groups excluding carboxylic acids is 2. The fraction of sp³-hybridized carbons (Fsp3) is 0.500. The van der Waals surface area contributed by atoms with Gasteiger partial charge in [0.05, 0.1) is 13.0 Å². The first-order chi connectivity index (χ1) is 9.35. The summed E-state index contributed by atoms with van der Waals surface area (Å²) in [5, 5.41) is 2.85. The molecular weight excluding hydrogens is 254 g/mol. The minimum absolute atomic E-state index is 0.142. The number of esters is 1. The predicted octanol–water partition coefficient (Wildman–Crippen LogP) is 2.68. The fourth-order valence-corrected chi connectivity index (χ4v) is 2.36. The van der Waals surface area contributed by atoms with Gasteiger partial charge in [-0.1, -0.05) is 17.7 Å². The highest BCUT2D eigenvalue weighted by molar-refractivity contribution is 5.97. The third kappa shape index (κ3) is 4.37. The van der Waals surface area contributed by atoms with Gasteiger partial charge in [-0.15, -0.1) is 0 Å².